The van der Waals surface area contributed by atoms with E-state index >= 15 is 0 Å². The maximum atomic E-state index is 13.7. The van der Waals surface area contributed by atoms with Crippen molar-refractivity contribution < 1.29 is 9.18 Å². The summed E-state index contributed by atoms with van der Waals surface area (Å²) in [6, 6.07) is 0. The highest BCUT2D eigenvalue weighted by molar-refractivity contribution is 5.73. The first-order valence-corrected chi connectivity index (χ1v) is 5.82. The zero-order chi connectivity index (χ0) is 13.1. The van der Waals surface area contributed by atoms with Crippen LogP contribution in [0.3, 0.4) is 0 Å². The number of rotatable bonds is 2. The molecule has 98 valence electrons. The monoisotopic (exact) mass is 253 g/mol. The van der Waals surface area contributed by atoms with Crippen LogP contribution in [0.2, 0.25) is 0 Å². The Balaban J connectivity index is 2.11. The number of hydrogen-bond acceptors (Lipinski definition) is 5. The Hall–Kier alpha value is -1.92. The molecule has 1 aromatic heterocycles. The van der Waals surface area contributed by atoms with Crippen LogP contribution in [0.25, 0.3) is 0 Å². The predicted octanol–water partition coefficient (Wildman–Crippen LogP) is 0.326. The van der Waals surface area contributed by atoms with Crippen molar-refractivity contribution in [2.75, 3.05) is 43.4 Å². The summed E-state index contributed by atoms with van der Waals surface area (Å²) in [7, 11) is 1.69. The van der Waals surface area contributed by atoms with Crippen LogP contribution in [0.5, 0.6) is 0 Å². The lowest BCUT2D eigenvalue weighted by Gasteiger charge is -2.34. The number of anilines is 2. The van der Waals surface area contributed by atoms with E-state index in [1.807, 2.05) is 4.90 Å². The second-order valence-electron chi connectivity index (χ2n) is 4.11. The van der Waals surface area contributed by atoms with E-state index in [0.29, 0.717) is 32.1 Å². The Morgan fingerprint density at radius 3 is 2.61 bits per heavy atom. The van der Waals surface area contributed by atoms with E-state index in [1.54, 1.807) is 18.9 Å². The topological polar surface area (TPSA) is 61.4 Å². The Morgan fingerprint density at radius 2 is 2.06 bits per heavy atom. The molecule has 0 aliphatic carbocycles. The van der Waals surface area contributed by atoms with E-state index in [0.717, 1.165) is 6.20 Å². The lowest BCUT2D eigenvalue weighted by atomic mass is 10.3. The summed E-state index contributed by atoms with van der Waals surface area (Å²) in [5.41, 5.74) is 0. The van der Waals surface area contributed by atoms with E-state index < -0.39 is 5.82 Å². The number of nitrogens with one attached hydrogen (secondary N) is 1. The van der Waals surface area contributed by atoms with Gasteiger partial charge in [0.1, 0.15) is 0 Å². The fraction of sp³-hybridized carbons (Fsp3) is 0.545. The molecule has 0 spiro atoms. The van der Waals surface area contributed by atoms with Gasteiger partial charge in [0, 0.05) is 40.2 Å². The first-order chi connectivity index (χ1) is 8.61. The van der Waals surface area contributed by atoms with Crippen LogP contribution in [0, 0.1) is 5.82 Å². The van der Waals surface area contributed by atoms with Crippen LogP contribution in [-0.4, -0.2) is 54.0 Å². The van der Waals surface area contributed by atoms with E-state index in [4.69, 9.17) is 0 Å². The number of carbonyl (C=O) groups excluding carboxylic acids is 1. The number of amides is 1. The molecule has 0 bridgehead atoms. The molecule has 1 amide bonds. The van der Waals surface area contributed by atoms with Gasteiger partial charge in [-0.15, -0.1) is 0 Å². The fourth-order valence-electron chi connectivity index (χ4n) is 1.93. The van der Waals surface area contributed by atoms with Gasteiger partial charge in [0.15, 0.2) is 11.6 Å². The molecule has 18 heavy (non-hydrogen) atoms. The number of halogens is 1. The average Bonchev–Trinajstić information content (AvgIpc) is 2.39. The summed E-state index contributed by atoms with van der Waals surface area (Å²) in [5.74, 6) is 0.289. The van der Waals surface area contributed by atoms with Crippen LogP contribution in [-0.2, 0) is 4.79 Å². The minimum Gasteiger partial charge on any atom is -0.357 e. The second-order valence-corrected chi connectivity index (χ2v) is 4.11. The van der Waals surface area contributed by atoms with Crippen LogP contribution < -0.4 is 10.2 Å². The molecule has 2 rings (SSSR count). The molecular formula is C11H16FN5O. The molecule has 1 N–H and O–H groups in total. The Morgan fingerprint density at radius 1 is 1.39 bits per heavy atom. The highest BCUT2D eigenvalue weighted by Crippen LogP contribution is 2.18. The summed E-state index contributed by atoms with van der Waals surface area (Å²) in [6.07, 6.45) is 1.16. The standard InChI is InChI=1S/C11H16FN5O/c1-8(18)16-3-5-17(6-4-16)10-9(12)7-14-11(13-2)15-10/h7H,3-6H2,1-2H3,(H,13,14,15). The van der Waals surface area contributed by atoms with Gasteiger partial charge in [-0.3, -0.25) is 4.79 Å². The smallest absolute Gasteiger partial charge is 0.224 e. The lowest BCUT2D eigenvalue weighted by Crippen LogP contribution is -2.48. The average molecular weight is 253 g/mol. The zero-order valence-corrected chi connectivity index (χ0v) is 10.5. The molecule has 0 atom stereocenters. The molecule has 2 heterocycles. The Bertz CT molecular complexity index is 445. The molecule has 6 nitrogen and oxygen atoms in total. The maximum absolute atomic E-state index is 13.7. The first-order valence-electron chi connectivity index (χ1n) is 5.82. The molecule has 0 aromatic carbocycles. The van der Waals surface area contributed by atoms with Gasteiger partial charge in [0.25, 0.3) is 0 Å². The van der Waals surface area contributed by atoms with Crippen LogP contribution in [0.4, 0.5) is 16.2 Å². The minimum atomic E-state index is -0.440. The summed E-state index contributed by atoms with van der Waals surface area (Å²) in [5, 5.41) is 2.78. The molecule has 7 heteroatoms. The van der Waals surface area contributed by atoms with Crippen molar-refractivity contribution in [2.24, 2.45) is 0 Å². The normalized spacial score (nSPS) is 15.7. The summed E-state index contributed by atoms with van der Waals surface area (Å²) >= 11 is 0. The van der Waals surface area contributed by atoms with Gasteiger partial charge >= 0.3 is 0 Å². The van der Waals surface area contributed by atoms with Crippen molar-refractivity contribution >= 4 is 17.7 Å². The van der Waals surface area contributed by atoms with Crippen molar-refractivity contribution in [3.8, 4) is 0 Å². The van der Waals surface area contributed by atoms with Crippen molar-refractivity contribution in [1.82, 2.24) is 14.9 Å². The molecule has 1 fully saturated rings. The van der Waals surface area contributed by atoms with Crippen molar-refractivity contribution in [2.45, 2.75) is 6.92 Å². The second kappa shape index (κ2) is 5.16. The van der Waals surface area contributed by atoms with E-state index in [2.05, 4.69) is 15.3 Å². The third kappa shape index (κ3) is 2.49. The number of piperazine rings is 1. The van der Waals surface area contributed by atoms with E-state index in [-0.39, 0.29) is 11.7 Å². The first kappa shape index (κ1) is 12.5. The van der Waals surface area contributed by atoms with Crippen molar-refractivity contribution in [3.05, 3.63) is 12.0 Å². The van der Waals surface area contributed by atoms with Crippen LogP contribution in [0.15, 0.2) is 6.20 Å². The van der Waals surface area contributed by atoms with Gasteiger partial charge in [-0.1, -0.05) is 0 Å². The molecule has 0 unspecified atom stereocenters. The number of hydrogen-bond donors (Lipinski definition) is 1. The van der Waals surface area contributed by atoms with Crippen molar-refractivity contribution in [3.63, 3.8) is 0 Å². The Kier molecular flexibility index (Phi) is 3.59. The number of carbonyl (C=O) groups is 1. The minimum absolute atomic E-state index is 0.0497. The predicted molar refractivity (Wildman–Crippen MR) is 66.0 cm³/mol. The van der Waals surface area contributed by atoms with Gasteiger partial charge in [0.2, 0.25) is 11.9 Å². The molecule has 1 aromatic rings. The van der Waals surface area contributed by atoms with Gasteiger partial charge in [0.05, 0.1) is 6.20 Å². The van der Waals surface area contributed by atoms with Crippen molar-refractivity contribution in [1.29, 1.82) is 0 Å². The largest absolute Gasteiger partial charge is 0.357 e. The maximum Gasteiger partial charge on any atom is 0.224 e. The summed E-state index contributed by atoms with van der Waals surface area (Å²) in [4.78, 5) is 22.7. The van der Waals surface area contributed by atoms with Gasteiger partial charge in [-0.25, -0.2) is 9.37 Å². The quantitative estimate of drug-likeness (QED) is 0.822. The molecule has 1 aliphatic heterocycles. The summed E-state index contributed by atoms with van der Waals surface area (Å²) < 4.78 is 13.7. The molecule has 0 radical (unpaired) electrons. The molecule has 0 saturated carbocycles. The Labute approximate surface area is 105 Å². The van der Waals surface area contributed by atoms with Crippen LogP contribution in [0.1, 0.15) is 6.92 Å². The van der Waals surface area contributed by atoms with Gasteiger partial charge in [-0.2, -0.15) is 4.98 Å². The summed E-state index contributed by atoms with van der Waals surface area (Å²) in [6.45, 7) is 3.88. The van der Waals surface area contributed by atoms with E-state index in [9.17, 15) is 9.18 Å². The highest BCUT2D eigenvalue weighted by Gasteiger charge is 2.22. The number of nitrogens with zero attached hydrogens (tertiary/aromatic N) is 4. The molecule has 1 saturated heterocycles. The fourth-order valence-corrected chi connectivity index (χ4v) is 1.93. The van der Waals surface area contributed by atoms with Gasteiger partial charge < -0.3 is 15.1 Å². The molecule has 1 aliphatic rings. The zero-order valence-electron chi connectivity index (χ0n) is 10.5. The SMILES string of the molecule is CNc1ncc(F)c(N2CCN(C(C)=O)CC2)n1. The van der Waals surface area contributed by atoms with Gasteiger partial charge in [-0.05, 0) is 0 Å². The lowest BCUT2D eigenvalue weighted by molar-refractivity contribution is -0.129. The highest BCUT2D eigenvalue weighted by atomic mass is 19.1. The van der Waals surface area contributed by atoms with Crippen LogP contribution >= 0.6 is 0 Å². The molecular weight excluding hydrogens is 237 g/mol. The third-order valence-electron chi connectivity index (χ3n) is 2.97. The third-order valence-corrected chi connectivity index (χ3v) is 2.97. The van der Waals surface area contributed by atoms with E-state index in [1.165, 1.54) is 0 Å². The number of aromatic nitrogens is 2.